The van der Waals surface area contributed by atoms with Crippen molar-refractivity contribution in [2.45, 2.75) is 13.0 Å². The van der Waals surface area contributed by atoms with Crippen molar-refractivity contribution in [3.63, 3.8) is 0 Å². The Morgan fingerprint density at radius 2 is 1.87 bits per heavy atom. The van der Waals surface area contributed by atoms with Gasteiger partial charge in [-0.05, 0) is 19.1 Å². The Morgan fingerprint density at radius 3 is 2.55 bits per heavy atom. The van der Waals surface area contributed by atoms with Gasteiger partial charge in [-0.3, -0.25) is 24.6 Å². The van der Waals surface area contributed by atoms with Crippen LogP contribution in [0.25, 0.3) is 0 Å². The first-order valence-corrected chi connectivity index (χ1v) is 10.0. The molecule has 11 heteroatoms. The fraction of sp³-hybridized carbons (Fsp3) is 0.400. The van der Waals surface area contributed by atoms with Crippen molar-refractivity contribution in [2.24, 2.45) is 0 Å². The summed E-state index contributed by atoms with van der Waals surface area (Å²) in [5, 5.41) is 16.2. The number of nitro benzene ring substituents is 1. The highest BCUT2D eigenvalue weighted by atomic mass is 16.6. The van der Waals surface area contributed by atoms with Gasteiger partial charge in [0, 0.05) is 69.4 Å². The molecule has 1 aromatic carbocycles. The van der Waals surface area contributed by atoms with Gasteiger partial charge in [0.05, 0.1) is 4.92 Å². The van der Waals surface area contributed by atoms with Crippen LogP contribution >= 0.6 is 0 Å². The first-order valence-electron chi connectivity index (χ1n) is 10.0. The van der Waals surface area contributed by atoms with Crippen molar-refractivity contribution in [3.8, 4) is 0 Å². The summed E-state index contributed by atoms with van der Waals surface area (Å²) in [5.41, 5.74) is -0.0437. The molecule has 1 saturated heterocycles. The minimum Gasteiger partial charge on any atom is -0.353 e. The van der Waals surface area contributed by atoms with Gasteiger partial charge in [-0.2, -0.15) is 0 Å². The van der Waals surface area contributed by atoms with Gasteiger partial charge in [0.2, 0.25) is 11.9 Å². The van der Waals surface area contributed by atoms with Crippen molar-refractivity contribution in [3.05, 3.63) is 58.4 Å². The standard InChI is InChI=1S/C20H25N7O4/c1-15(24-19(29)16-4-2-5-17(14-16)27(30)31)18(28)21-8-9-25-10-12-26(13-11-25)20-22-6-3-7-23-20/h2-7,14-15H,8-13H2,1H3,(H,21,28)(H,24,29). The number of benzene rings is 1. The third-order valence-electron chi connectivity index (χ3n) is 4.99. The third-order valence-corrected chi connectivity index (χ3v) is 4.99. The predicted molar refractivity (Wildman–Crippen MR) is 114 cm³/mol. The number of anilines is 1. The maximum atomic E-state index is 12.3. The number of nitrogens with one attached hydrogen (secondary N) is 2. The minimum atomic E-state index is -0.765. The van der Waals surface area contributed by atoms with Crippen molar-refractivity contribution >= 4 is 23.5 Å². The molecule has 2 amide bonds. The van der Waals surface area contributed by atoms with Crippen LogP contribution in [0.2, 0.25) is 0 Å². The number of aromatic nitrogens is 2. The smallest absolute Gasteiger partial charge is 0.270 e. The number of carbonyl (C=O) groups is 2. The maximum absolute atomic E-state index is 12.3. The van der Waals surface area contributed by atoms with Gasteiger partial charge in [-0.25, -0.2) is 9.97 Å². The molecule has 3 rings (SSSR count). The van der Waals surface area contributed by atoms with Crippen LogP contribution in [0, 0.1) is 10.1 Å². The molecule has 2 aromatic rings. The highest BCUT2D eigenvalue weighted by molar-refractivity contribution is 5.97. The molecule has 0 aliphatic carbocycles. The van der Waals surface area contributed by atoms with Crippen LogP contribution in [-0.4, -0.2) is 76.9 Å². The number of nitrogens with zero attached hydrogens (tertiary/aromatic N) is 5. The molecule has 1 aliphatic heterocycles. The van der Waals surface area contributed by atoms with E-state index in [1.165, 1.54) is 24.3 Å². The topological polar surface area (TPSA) is 134 Å². The van der Waals surface area contributed by atoms with E-state index in [0.717, 1.165) is 32.1 Å². The summed E-state index contributed by atoms with van der Waals surface area (Å²) in [6, 6.07) is 6.41. The predicted octanol–water partition coefficient (Wildman–Crippen LogP) is 0.442. The normalized spacial score (nSPS) is 15.2. The van der Waals surface area contributed by atoms with Gasteiger partial charge in [0.15, 0.2) is 0 Å². The van der Waals surface area contributed by atoms with Crippen LogP contribution in [0.3, 0.4) is 0 Å². The minimum absolute atomic E-state index is 0.133. The van der Waals surface area contributed by atoms with Crippen LogP contribution in [0.1, 0.15) is 17.3 Å². The van der Waals surface area contributed by atoms with Crippen LogP contribution in [-0.2, 0) is 4.79 Å². The quantitative estimate of drug-likeness (QED) is 0.458. The number of non-ortho nitro benzene ring substituents is 1. The molecule has 1 aromatic heterocycles. The fourth-order valence-corrected chi connectivity index (χ4v) is 3.22. The molecular weight excluding hydrogens is 402 g/mol. The highest BCUT2D eigenvalue weighted by Crippen LogP contribution is 2.13. The second-order valence-corrected chi connectivity index (χ2v) is 7.17. The molecule has 0 radical (unpaired) electrons. The van der Waals surface area contributed by atoms with Crippen LogP contribution in [0.15, 0.2) is 42.7 Å². The molecule has 1 fully saturated rings. The van der Waals surface area contributed by atoms with E-state index in [9.17, 15) is 19.7 Å². The number of piperazine rings is 1. The largest absolute Gasteiger partial charge is 0.353 e. The van der Waals surface area contributed by atoms with E-state index >= 15 is 0 Å². The zero-order valence-electron chi connectivity index (χ0n) is 17.2. The van der Waals surface area contributed by atoms with E-state index in [4.69, 9.17) is 0 Å². The lowest BCUT2D eigenvalue weighted by Gasteiger charge is -2.34. The molecule has 0 bridgehead atoms. The molecule has 2 heterocycles. The van der Waals surface area contributed by atoms with Gasteiger partial charge in [0.25, 0.3) is 11.6 Å². The summed E-state index contributed by atoms with van der Waals surface area (Å²) in [4.78, 5) is 47.7. The number of nitro groups is 1. The zero-order valence-corrected chi connectivity index (χ0v) is 17.2. The van der Waals surface area contributed by atoms with Gasteiger partial charge < -0.3 is 15.5 Å². The lowest BCUT2D eigenvalue weighted by atomic mass is 10.1. The van der Waals surface area contributed by atoms with Crippen LogP contribution in [0.5, 0.6) is 0 Å². The lowest BCUT2D eigenvalue weighted by Crippen LogP contribution is -2.50. The van der Waals surface area contributed by atoms with E-state index in [1.54, 1.807) is 25.4 Å². The second kappa shape index (κ2) is 10.4. The number of carbonyl (C=O) groups excluding carboxylic acids is 2. The molecule has 2 N–H and O–H groups in total. The molecular formula is C20H25N7O4. The van der Waals surface area contributed by atoms with E-state index in [-0.39, 0.29) is 17.2 Å². The monoisotopic (exact) mass is 427 g/mol. The zero-order chi connectivity index (χ0) is 22.2. The molecule has 0 saturated carbocycles. The average Bonchev–Trinajstić information content (AvgIpc) is 2.80. The van der Waals surface area contributed by atoms with Crippen molar-refractivity contribution in [2.75, 3.05) is 44.2 Å². The Bertz CT molecular complexity index is 917. The summed E-state index contributed by atoms with van der Waals surface area (Å²) in [6.45, 7) is 6.03. The Balaban J connectivity index is 1.38. The molecule has 1 atom stereocenters. The molecule has 31 heavy (non-hydrogen) atoms. The Morgan fingerprint density at radius 1 is 1.16 bits per heavy atom. The van der Waals surface area contributed by atoms with Crippen molar-refractivity contribution < 1.29 is 14.5 Å². The number of rotatable bonds is 8. The number of hydrogen-bond acceptors (Lipinski definition) is 8. The summed E-state index contributed by atoms with van der Waals surface area (Å²) >= 11 is 0. The molecule has 11 nitrogen and oxygen atoms in total. The summed E-state index contributed by atoms with van der Waals surface area (Å²) in [6.07, 6.45) is 3.45. The van der Waals surface area contributed by atoms with Gasteiger partial charge >= 0.3 is 0 Å². The summed E-state index contributed by atoms with van der Waals surface area (Å²) in [7, 11) is 0. The summed E-state index contributed by atoms with van der Waals surface area (Å²) < 4.78 is 0. The number of hydrogen-bond donors (Lipinski definition) is 2. The molecule has 1 unspecified atom stereocenters. The Hall–Kier alpha value is -3.60. The first-order chi connectivity index (χ1) is 14.9. The van der Waals surface area contributed by atoms with E-state index in [0.29, 0.717) is 13.1 Å². The Labute approximate surface area is 179 Å². The van der Waals surface area contributed by atoms with Gasteiger partial charge in [-0.1, -0.05) is 6.07 Å². The molecule has 1 aliphatic rings. The second-order valence-electron chi connectivity index (χ2n) is 7.17. The first kappa shape index (κ1) is 22.1. The average molecular weight is 427 g/mol. The van der Waals surface area contributed by atoms with Crippen LogP contribution in [0.4, 0.5) is 11.6 Å². The van der Waals surface area contributed by atoms with Gasteiger partial charge in [-0.15, -0.1) is 0 Å². The van der Waals surface area contributed by atoms with Crippen molar-refractivity contribution in [1.82, 2.24) is 25.5 Å². The van der Waals surface area contributed by atoms with Crippen molar-refractivity contribution in [1.29, 1.82) is 0 Å². The van der Waals surface area contributed by atoms with E-state index in [2.05, 4.69) is 30.4 Å². The Kier molecular flexibility index (Phi) is 7.44. The van der Waals surface area contributed by atoms with Gasteiger partial charge in [0.1, 0.15) is 6.04 Å². The maximum Gasteiger partial charge on any atom is 0.270 e. The van der Waals surface area contributed by atoms with E-state index < -0.39 is 16.9 Å². The van der Waals surface area contributed by atoms with Crippen LogP contribution < -0.4 is 15.5 Å². The molecule has 164 valence electrons. The SMILES string of the molecule is CC(NC(=O)c1cccc([N+](=O)[O-])c1)C(=O)NCCN1CCN(c2ncccn2)CC1. The highest BCUT2D eigenvalue weighted by Gasteiger charge is 2.20. The number of amides is 2. The molecule has 0 spiro atoms. The van der Waals surface area contributed by atoms with E-state index in [1.807, 2.05) is 0 Å². The summed E-state index contributed by atoms with van der Waals surface area (Å²) in [5.74, 6) is -0.121. The lowest BCUT2D eigenvalue weighted by molar-refractivity contribution is -0.384. The third kappa shape index (κ3) is 6.19. The fourth-order valence-electron chi connectivity index (χ4n) is 3.22.